The zero-order chi connectivity index (χ0) is 15.1. The highest BCUT2D eigenvalue weighted by Crippen LogP contribution is 2.14. The molecule has 21 heavy (non-hydrogen) atoms. The first-order chi connectivity index (χ1) is 10.2. The number of halogens is 1. The van der Waals surface area contributed by atoms with Gasteiger partial charge in [0, 0.05) is 6.54 Å². The Hall–Kier alpha value is -2.58. The van der Waals surface area contributed by atoms with Crippen molar-refractivity contribution in [3.63, 3.8) is 0 Å². The van der Waals surface area contributed by atoms with Crippen LogP contribution in [0.2, 0.25) is 0 Å². The number of rotatable bonds is 6. The molecule has 2 N–H and O–H groups in total. The molecule has 0 bridgehead atoms. The number of anilines is 1. The maximum absolute atomic E-state index is 13.4. The average molecular weight is 286 g/mol. The number of ether oxygens (including phenoxy) is 1. The molecule has 2 aromatic carbocycles. The molecule has 0 aliphatic heterocycles. The summed E-state index contributed by atoms with van der Waals surface area (Å²) >= 11 is 0. The van der Waals surface area contributed by atoms with E-state index in [-0.39, 0.29) is 19.0 Å². The maximum Gasteiger partial charge on any atom is 0.146 e. The van der Waals surface area contributed by atoms with Gasteiger partial charge < -0.3 is 15.2 Å². The summed E-state index contributed by atoms with van der Waals surface area (Å²) < 4.78 is 18.8. The molecule has 1 unspecified atom stereocenters. The van der Waals surface area contributed by atoms with Crippen molar-refractivity contribution < 1.29 is 14.2 Å². The van der Waals surface area contributed by atoms with E-state index in [0.29, 0.717) is 17.0 Å². The van der Waals surface area contributed by atoms with Gasteiger partial charge in [-0.3, -0.25) is 0 Å². The van der Waals surface area contributed by atoms with Gasteiger partial charge in [0.15, 0.2) is 0 Å². The third kappa shape index (κ3) is 4.48. The van der Waals surface area contributed by atoms with E-state index in [1.54, 1.807) is 42.5 Å². The normalized spacial score (nSPS) is 11.5. The van der Waals surface area contributed by atoms with Crippen molar-refractivity contribution >= 4 is 5.69 Å². The minimum absolute atomic E-state index is 0.0519. The molecular weight excluding hydrogens is 271 g/mol. The number of aliphatic hydroxyl groups excluding tert-OH is 1. The molecule has 0 heterocycles. The highest BCUT2D eigenvalue weighted by molar-refractivity contribution is 5.44. The number of hydrogen-bond acceptors (Lipinski definition) is 4. The third-order valence-electron chi connectivity index (χ3n) is 2.81. The number of nitrogens with one attached hydrogen (secondary N) is 1. The van der Waals surface area contributed by atoms with Gasteiger partial charge in [0.1, 0.15) is 24.3 Å². The lowest BCUT2D eigenvalue weighted by Gasteiger charge is -2.14. The van der Waals surface area contributed by atoms with Crippen LogP contribution in [0.15, 0.2) is 48.5 Å². The van der Waals surface area contributed by atoms with Gasteiger partial charge in [0.25, 0.3) is 0 Å². The minimum atomic E-state index is -0.796. The van der Waals surface area contributed by atoms with E-state index in [0.717, 1.165) is 0 Å². The number of aliphatic hydroxyl groups is 1. The van der Waals surface area contributed by atoms with Gasteiger partial charge >= 0.3 is 0 Å². The lowest BCUT2D eigenvalue weighted by Crippen LogP contribution is -2.26. The van der Waals surface area contributed by atoms with Crippen LogP contribution in [0.1, 0.15) is 5.56 Å². The number of para-hydroxylation sites is 1. The molecule has 2 aromatic rings. The van der Waals surface area contributed by atoms with Gasteiger partial charge in [0.05, 0.1) is 17.3 Å². The standard InChI is InChI=1S/C16H15FN2O2/c17-15-6-1-2-7-16(15)19-10-13(20)11-21-14-5-3-4-12(8-14)9-18/h1-8,13,19-20H,10-11H2. The zero-order valence-corrected chi connectivity index (χ0v) is 11.3. The monoisotopic (exact) mass is 286 g/mol. The largest absolute Gasteiger partial charge is 0.491 e. The van der Waals surface area contributed by atoms with Crippen LogP contribution in [-0.2, 0) is 0 Å². The third-order valence-corrected chi connectivity index (χ3v) is 2.81. The van der Waals surface area contributed by atoms with Gasteiger partial charge in [-0.25, -0.2) is 4.39 Å². The Morgan fingerprint density at radius 2 is 2.05 bits per heavy atom. The summed E-state index contributed by atoms with van der Waals surface area (Å²) in [6.07, 6.45) is -0.796. The molecule has 4 nitrogen and oxygen atoms in total. The number of hydrogen-bond donors (Lipinski definition) is 2. The molecule has 108 valence electrons. The van der Waals surface area contributed by atoms with E-state index in [2.05, 4.69) is 5.32 Å². The molecule has 0 radical (unpaired) electrons. The minimum Gasteiger partial charge on any atom is -0.491 e. The maximum atomic E-state index is 13.4. The molecular formula is C16H15FN2O2. The van der Waals surface area contributed by atoms with E-state index in [1.165, 1.54) is 6.07 Å². The van der Waals surface area contributed by atoms with E-state index in [4.69, 9.17) is 10.00 Å². The quantitative estimate of drug-likeness (QED) is 0.856. The molecule has 5 heteroatoms. The number of nitriles is 1. The molecule has 1 atom stereocenters. The van der Waals surface area contributed by atoms with Crippen molar-refractivity contribution in [1.29, 1.82) is 5.26 Å². The molecule has 0 saturated heterocycles. The summed E-state index contributed by atoms with van der Waals surface area (Å²) in [6, 6.07) is 14.9. The van der Waals surface area contributed by atoms with Crippen LogP contribution in [0, 0.1) is 17.1 Å². The lowest BCUT2D eigenvalue weighted by atomic mass is 10.2. The second-order valence-electron chi connectivity index (χ2n) is 4.47. The van der Waals surface area contributed by atoms with Crippen molar-refractivity contribution in [1.82, 2.24) is 0 Å². The molecule has 0 fully saturated rings. The van der Waals surface area contributed by atoms with Crippen LogP contribution < -0.4 is 10.1 Å². The van der Waals surface area contributed by atoms with E-state index >= 15 is 0 Å². The number of nitrogens with zero attached hydrogens (tertiary/aromatic N) is 1. The predicted molar refractivity (Wildman–Crippen MR) is 77.5 cm³/mol. The molecule has 0 aromatic heterocycles. The smallest absolute Gasteiger partial charge is 0.146 e. The fraction of sp³-hybridized carbons (Fsp3) is 0.188. The van der Waals surface area contributed by atoms with Gasteiger partial charge in [-0.2, -0.15) is 5.26 Å². The Balaban J connectivity index is 1.81. The van der Waals surface area contributed by atoms with Gasteiger partial charge in [-0.1, -0.05) is 18.2 Å². The first kappa shape index (κ1) is 14.8. The van der Waals surface area contributed by atoms with Crippen LogP contribution in [0.5, 0.6) is 5.75 Å². The highest BCUT2D eigenvalue weighted by Gasteiger charge is 2.07. The Kier molecular flexibility index (Phi) is 5.13. The Morgan fingerprint density at radius 3 is 2.81 bits per heavy atom. The van der Waals surface area contributed by atoms with Crippen molar-refractivity contribution in [2.45, 2.75) is 6.10 Å². The summed E-state index contributed by atoms with van der Waals surface area (Å²) in [4.78, 5) is 0. The summed E-state index contributed by atoms with van der Waals surface area (Å²) in [5.74, 6) is 0.145. The zero-order valence-electron chi connectivity index (χ0n) is 11.3. The van der Waals surface area contributed by atoms with E-state index in [9.17, 15) is 9.50 Å². The fourth-order valence-electron chi connectivity index (χ4n) is 1.74. The summed E-state index contributed by atoms with van der Waals surface area (Å²) in [6.45, 7) is 0.217. The van der Waals surface area contributed by atoms with E-state index < -0.39 is 6.10 Å². The highest BCUT2D eigenvalue weighted by atomic mass is 19.1. The molecule has 0 amide bonds. The molecule has 0 spiro atoms. The SMILES string of the molecule is N#Cc1cccc(OCC(O)CNc2ccccc2F)c1. The van der Waals surface area contributed by atoms with Crippen molar-refractivity contribution in [2.75, 3.05) is 18.5 Å². The number of benzene rings is 2. The van der Waals surface area contributed by atoms with Crippen LogP contribution in [0.4, 0.5) is 10.1 Å². The molecule has 0 aliphatic carbocycles. The summed E-state index contributed by atoms with van der Waals surface area (Å²) in [7, 11) is 0. The Morgan fingerprint density at radius 1 is 1.24 bits per heavy atom. The molecule has 2 rings (SSSR count). The second kappa shape index (κ2) is 7.27. The van der Waals surface area contributed by atoms with Crippen LogP contribution in [-0.4, -0.2) is 24.4 Å². The summed E-state index contributed by atoms with van der Waals surface area (Å²) in [5, 5.41) is 21.4. The van der Waals surface area contributed by atoms with Gasteiger partial charge in [0.2, 0.25) is 0 Å². The Bertz CT molecular complexity index is 640. The van der Waals surface area contributed by atoms with Crippen molar-refractivity contribution in [3.05, 3.63) is 59.9 Å². The van der Waals surface area contributed by atoms with Gasteiger partial charge in [-0.05, 0) is 30.3 Å². The van der Waals surface area contributed by atoms with Crippen LogP contribution >= 0.6 is 0 Å². The topological polar surface area (TPSA) is 65.3 Å². The van der Waals surface area contributed by atoms with Gasteiger partial charge in [-0.15, -0.1) is 0 Å². The predicted octanol–water partition coefficient (Wildman–Crippen LogP) is 2.55. The van der Waals surface area contributed by atoms with Crippen molar-refractivity contribution in [3.8, 4) is 11.8 Å². The van der Waals surface area contributed by atoms with E-state index in [1.807, 2.05) is 6.07 Å². The summed E-state index contributed by atoms with van der Waals surface area (Å²) in [5.41, 5.74) is 0.828. The van der Waals surface area contributed by atoms with Crippen molar-refractivity contribution in [2.24, 2.45) is 0 Å². The Labute approximate surface area is 122 Å². The fourth-order valence-corrected chi connectivity index (χ4v) is 1.74. The first-order valence-corrected chi connectivity index (χ1v) is 6.48. The van der Waals surface area contributed by atoms with Crippen LogP contribution in [0.3, 0.4) is 0 Å². The second-order valence-corrected chi connectivity index (χ2v) is 4.47. The first-order valence-electron chi connectivity index (χ1n) is 6.48. The molecule has 0 saturated carbocycles. The molecule has 0 aliphatic rings. The van der Waals surface area contributed by atoms with Crippen LogP contribution in [0.25, 0.3) is 0 Å². The average Bonchev–Trinajstić information content (AvgIpc) is 2.52. The lowest BCUT2D eigenvalue weighted by molar-refractivity contribution is 0.117.